The molecule has 0 aliphatic rings. The van der Waals surface area contributed by atoms with E-state index in [1.807, 2.05) is 60.7 Å². The highest BCUT2D eigenvalue weighted by Gasteiger charge is 2.07. The van der Waals surface area contributed by atoms with Crippen LogP contribution in [0.4, 0.5) is 22.7 Å². The maximum absolute atomic E-state index is 8.29. The minimum Gasteiger partial charge on any atom is -0.399 e. The standard InChI is InChI=1S/C21H22N4O3S/c1-2-25(15-16-4-3-5-21(14-16)29-28-27-26)20-12-10-19(11-13-20)24-23-18-8-6-17(22)7-9-18/h3-14,26H,2,15,22H2,1H3/b24-23+. The third-order valence-corrected chi connectivity index (χ3v) is 4.78. The summed E-state index contributed by atoms with van der Waals surface area (Å²) < 4.78 is 4.50. The molecule has 3 aromatic rings. The van der Waals surface area contributed by atoms with Crippen LogP contribution in [0.25, 0.3) is 0 Å². The fourth-order valence-corrected chi connectivity index (χ4v) is 3.19. The Balaban J connectivity index is 1.66. The molecule has 150 valence electrons. The van der Waals surface area contributed by atoms with Crippen LogP contribution in [-0.4, -0.2) is 11.8 Å². The zero-order valence-electron chi connectivity index (χ0n) is 15.9. The number of benzene rings is 3. The second-order valence-electron chi connectivity index (χ2n) is 6.20. The maximum Gasteiger partial charge on any atom is 0.0858 e. The number of nitrogens with two attached hydrogens (primary N) is 1. The third-order valence-electron chi connectivity index (χ3n) is 4.20. The molecule has 0 aliphatic carbocycles. The number of nitrogen functional groups attached to an aromatic ring is 1. The largest absolute Gasteiger partial charge is 0.399 e. The maximum atomic E-state index is 8.29. The fraction of sp³-hybridized carbons (Fsp3) is 0.143. The molecule has 0 fully saturated rings. The monoisotopic (exact) mass is 410 g/mol. The Kier molecular flexibility index (Phi) is 7.60. The Morgan fingerprint density at radius 1 is 0.966 bits per heavy atom. The van der Waals surface area contributed by atoms with Gasteiger partial charge in [-0.15, -0.1) is 4.33 Å². The van der Waals surface area contributed by atoms with Crippen molar-refractivity contribution in [3.8, 4) is 0 Å². The first-order valence-electron chi connectivity index (χ1n) is 9.04. The van der Waals surface area contributed by atoms with Crippen LogP contribution in [0.3, 0.4) is 0 Å². The molecule has 0 aromatic heterocycles. The van der Waals surface area contributed by atoms with Crippen molar-refractivity contribution in [1.29, 1.82) is 0 Å². The smallest absolute Gasteiger partial charge is 0.0858 e. The van der Waals surface area contributed by atoms with E-state index in [4.69, 9.17) is 11.0 Å². The molecule has 8 heteroatoms. The lowest BCUT2D eigenvalue weighted by Crippen LogP contribution is -2.21. The highest BCUT2D eigenvalue weighted by Crippen LogP contribution is 2.25. The van der Waals surface area contributed by atoms with Gasteiger partial charge in [-0.25, -0.2) is 5.26 Å². The molecular weight excluding hydrogens is 388 g/mol. The molecule has 0 saturated carbocycles. The van der Waals surface area contributed by atoms with Crippen molar-refractivity contribution in [2.24, 2.45) is 10.2 Å². The van der Waals surface area contributed by atoms with Crippen molar-refractivity contribution in [3.05, 3.63) is 78.4 Å². The Bertz CT molecular complexity index is 933. The molecule has 0 atom stereocenters. The van der Waals surface area contributed by atoms with Crippen molar-refractivity contribution in [2.45, 2.75) is 18.4 Å². The van der Waals surface area contributed by atoms with Crippen LogP contribution in [0.15, 0.2) is 87.9 Å². The van der Waals surface area contributed by atoms with E-state index in [1.54, 1.807) is 12.1 Å². The molecule has 0 bridgehead atoms. The molecule has 3 aromatic carbocycles. The molecule has 0 saturated heterocycles. The van der Waals surface area contributed by atoms with Crippen molar-refractivity contribution in [2.75, 3.05) is 17.2 Å². The first-order chi connectivity index (χ1) is 14.2. The van der Waals surface area contributed by atoms with E-state index in [0.29, 0.717) is 5.69 Å². The summed E-state index contributed by atoms with van der Waals surface area (Å²) in [6.45, 7) is 3.69. The molecule has 7 nitrogen and oxygen atoms in total. The van der Waals surface area contributed by atoms with Crippen molar-refractivity contribution >= 4 is 34.8 Å². The van der Waals surface area contributed by atoms with E-state index in [9.17, 15) is 0 Å². The molecule has 0 unspecified atom stereocenters. The summed E-state index contributed by atoms with van der Waals surface area (Å²) in [5, 5.41) is 20.4. The van der Waals surface area contributed by atoms with Gasteiger partial charge in [0.05, 0.1) is 23.4 Å². The minimum absolute atomic E-state index is 0.700. The number of hydrogen-bond donors (Lipinski definition) is 2. The van der Waals surface area contributed by atoms with E-state index in [-0.39, 0.29) is 0 Å². The molecule has 3 N–H and O–H groups in total. The summed E-state index contributed by atoms with van der Waals surface area (Å²) in [6.07, 6.45) is 0. The molecular formula is C21H22N4O3S. The van der Waals surface area contributed by atoms with Crippen LogP contribution in [0.1, 0.15) is 12.5 Å². The summed E-state index contributed by atoms with van der Waals surface area (Å²) in [6, 6.07) is 23.0. The van der Waals surface area contributed by atoms with Crippen LogP contribution in [0, 0.1) is 0 Å². The van der Waals surface area contributed by atoms with Gasteiger partial charge in [-0.2, -0.15) is 10.2 Å². The number of anilines is 2. The van der Waals surface area contributed by atoms with Gasteiger partial charge >= 0.3 is 0 Å². The van der Waals surface area contributed by atoms with Gasteiger partial charge in [-0.05, 0) is 73.2 Å². The predicted octanol–water partition coefficient (Wildman–Crippen LogP) is 6.14. The topological polar surface area (TPSA) is 92.7 Å². The van der Waals surface area contributed by atoms with Gasteiger partial charge in [0.25, 0.3) is 0 Å². The van der Waals surface area contributed by atoms with Crippen LogP contribution in [0.5, 0.6) is 0 Å². The van der Waals surface area contributed by atoms with Crippen molar-refractivity contribution in [3.63, 3.8) is 0 Å². The van der Waals surface area contributed by atoms with Gasteiger partial charge in [0, 0.05) is 29.4 Å². The van der Waals surface area contributed by atoms with Crippen LogP contribution < -0.4 is 10.6 Å². The zero-order chi connectivity index (χ0) is 20.5. The van der Waals surface area contributed by atoms with Gasteiger partial charge < -0.3 is 10.6 Å². The lowest BCUT2D eigenvalue weighted by atomic mass is 10.2. The quantitative estimate of drug-likeness (QED) is 0.145. The van der Waals surface area contributed by atoms with Gasteiger partial charge in [-0.3, -0.25) is 0 Å². The first kappa shape index (κ1) is 20.8. The zero-order valence-corrected chi connectivity index (χ0v) is 16.7. The molecule has 0 heterocycles. The Labute approximate surface area is 173 Å². The summed E-state index contributed by atoms with van der Waals surface area (Å²) >= 11 is 0.951. The molecule has 29 heavy (non-hydrogen) atoms. The lowest BCUT2D eigenvalue weighted by molar-refractivity contribution is -0.432. The van der Waals surface area contributed by atoms with E-state index in [1.165, 1.54) is 0 Å². The van der Waals surface area contributed by atoms with Crippen LogP contribution in [0.2, 0.25) is 0 Å². The number of nitrogens with zero attached hydrogens (tertiary/aromatic N) is 3. The summed E-state index contributed by atoms with van der Waals surface area (Å²) in [4.78, 5) is 3.08. The average molecular weight is 410 g/mol. The molecule has 0 radical (unpaired) electrons. The van der Waals surface area contributed by atoms with Gasteiger partial charge in [0.1, 0.15) is 0 Å². The first-order valence-corrected chi connectivity index (χ1v) is 9.78. The van der Waals surface area contributed by atoms with E-state index >= 15 is 0 Å². The Morgan fingerprint density at radius 3 is 2.24 bits per heavy atom. The Morgan fingerprint density at radius 2 is 1.62 bits per heavy atom. The number of azo groups is 1. The Hall–Kier alpha value is -2.91. The SMILES string of the molecule is CCN(Cc1cccc(SOOO)c1)c1ccc(/N=N/c2ccc(N)cc2)cc1. The summed E-state index contributed by atoms with van der Waals surface area (Å²) in [7, 11) is 0. The van der Waals surface area contributed by atoms with E-state index in [2.05, 4.69) is 31.4 Å². The summed E-state index contributed by atoms with van der Waals surface area (Å²) in [5.74, 6) is 0. The molecule has 0 amide bonds. The van der Waals surface area contributed by atoms with E-state index in [0.717, 1.165) is 52.7 Å². The fourth-order valence-electron chi connectivity index (χ4n) is 2.74. The van der Waals surface area contributed by atoms with E-state index < -0.39 is 0 Å². The van der Waals surface area contributed by atoms with Crippen molar-refractivity contribution in [1.82, 2.24) is 0 Å². The minimum atomic E-state index is 0.700. The summed E-state index contributed by atoms with van der Waals surface area (Å²) in [5.41, 5.74) is 10.1. The van der Waals surface area contributed by atoms with Crippen LogP contribution >= 0.6 is 12.0 Å². The second-order valence-corrected chi connectivity index (χ2v) is 6.97. The highest BCUT2D eigenvalue weighted by molar-refractivity contribution is 7.94. The average Bonchev–Trinajstić information content (AvgIpc) is 2.76. The second kappa shape index (κ2) is 10.6. The third kappa shape index (κ3) is 6.30. The number of rotatable bonds is 9. The molecule has 0 aliphatic heterocycles. The van der Waals surface area contributed by atoms with Gasteiger partial charge in [0.2, 0.25) is 0 Å². The van der Waals surface area contributed by atoms with Crippen molar-refractivity contribution < 1.29 is 14.6 Å². The van der Waals surface area contributed by atoms with Gasteiger partial charge in [-0.1, -0.05) is 17.2 Å². The predicted molar refractivity (Wildman–Crippen MR) is 115 cm³/mol. The highest BCUT2D eigenvalue weighted by atomic mass is 32.2. The molecule has 0 spiro atoms. The molecule has 3 rings (SSSR count). The van der Waals surface area contributed by atoms with Crippen LogP contribution in [-0.2, 0) is 15.9 Å². The van der Waals surface area contributed by atoms with Gasteiger partial charge in [0.15, 0.2) is 0 Å². The normalized spacial score (nSPS) is 11.1. The number of hydrogen-bond acceptors (Lipinski definition) is 8. The lowest BCUT2D eigenvalue weighted by Gasteiger charge is -2.23.